The van der Waals surface area contributed by atoms with E-state index in [1.807, 2.05) is 36.1 Å². The van der Waals surface area contributed by atoms with Crippen LogP contribution in [-0.2, 0) is 11.2 Å². The molecular formula is C26H30N6O3. The highest BCUT2D eigenvalue weighted by Crippen LogP contribution is 2.32. The largest absolute Gasteiger partial charge is 0.377 e. The van der Waals surface area contributed by atoms with Gasteiger partial charge in [-0.1, -0.05) is 13.0 Å². The molecule has 0 bridgehead atoms. The summed E-state index contributed by atoms with van der Waals surface area (Å²) < 4.78 is 5.72. The van der Waals surface area contributed by atoms with Gasteiger partial charge in [-0.25, -0.2) is 9.97 Å². The van der Waals surface area contributed by atoms with Gasteiger partial charge in [0, 0.05) is 42.5 Å². The van der Waals surface area contributed by atoms with Crippen LogP contribution in [0.2, 0.25) is 0 Å². The number of aromatic amines is 1. The molecule has 2 aliphatic heterocycles. The summed E-state index contributed by atoms with van der Waals surface area (Å²) in [6, 6.07) is 12.9. The molecule has 9 heteroatoms. The molecule has 1 fully saturated rings. The fourth-order valence-electron chi connectivity index (χ4n) is 4.70. The highest BCUT2D eigenvalue weighted by molar-refractivity contribution is 5.96. The normalized spacial score (nSPS) is 17.9. The molecule has 0 radical (unpaired) electrons. The van der Waals surface area contributed by atoms with Crippen molar-refractivity contribution in [2.24, 2.45) is 0 Å². The van der Waals surface area contributed by atoms with Crippen molar-refractivity contribution in [1.82, 2.24) is 19.9 Å². The number of hydrogen-bond acceptors (Lipinski definition) is 7. The molecule has 9 nitrogen and oxygen atoms in total. The van der Waals surface area contributed by atoms with Crippen molar-refractivity contribution in [1.29, 1.82) is 0 Å². The van der Waals surface area contributed by atoms with Gasteiger partial charge in [-0.3, -0.25) is 9.59 Å². The van der Waals surface area contributed by atoms with Gasteiger partial charge in [-0.2, -0.15) is 0 Å². The SMILES string of the molecule is CC[C@H]1COCCN1c1nc(-c2ccc(Nc3cccc(=O)[nH]3)cc2)nc2c1CCN(CC)C2=O. The lowest BCUT2D eigenvalue weighted by molar-refractivity contribution is 0.0741. The molecule has 1 atom stereocenters. The van der Waals surface area contributed by atoms with E-state index >= 15 is 0 Å². The number of rotatable bonds is 6. The number of morpholine rings is 1. The minimum atomic E-state index is -0.166. The number of benzene rings is 1. The molecule has 1 saturated heterocycles. The molecule has 1 amide bonds. The first-order valence-corrected chi connectivity index (χ1v) is 12.2. The summed E-state index contributed by atoms with van der Waals surface area (Å²) >= 11 is 0. The maximum Gasteiger partial charge on any atom is 0.272 e. The first kappa shape index (κ1) is 23.0. The molecule has 2 aliphatic rings. The second-order valence-corrected chi connectivity index (χ2v) is 8.79. The van der Waals surface area contributed by atoms with Crippen LogP contribution in [0.3, 0.4) is 0 Å². The molecule has 2 aromatic heterocycles. The monoisotopic (exact) mass is 474 g/mol. The highest BCUT2D eigenvalue weighted by Gasteiger charge is 2.33. The van der Waals surface area contributed by atoms with E-state index in [4.69, 9.17) is 14.7 Å². The van der Waals surface area contributed by atoms with Gasteiger partial charge in [-0.05, 0) is 50.1 Å². The van der Waals surface area contributed by atoms with Crippen LogP contribution in [0.15, 0.2) is 47.3 Å². The standard InChI is InChI=1S/C26H30N6O3/c1-3-19-16-35-15-14-32(19)25-20-12-13-31(4-2)26(34)23(20)29-24(30-25)17-8-10-18(11-9-17)27-21-6-5-7-22(33)28-21/h5-11,19H,3-4,12-16H2,1-2H3,(H2,27,28,33)/t19-/m0/s1. The Morgan fingerprint density at radius 3 is 2.66 bits per heavy atom. The van der Waals surface area contributed by atoms with Gasteiger partial charge in [0.1, 0.15) is 17.3 Å². The highest BCUT2D eigenvalue weighted by atomic mass is 16.5. The van der Waals surface area contributed by atoms with E-state index in [0.29, 0.717) is 43.6 Å². The zero-order valence-electron chi connectivity index (χ0n) is 20.1. The average Bonchev–Trinajstić information content (AvgIpc) is 2.89. The lowest BCUT2D eigenvalue weighted by Crippen LogP contribution is -2.47. The Kier molecular flexibility index (Phi) is 6.50. The van der Waals surface area contributed by atoms with E-state index in [9.17, 15) is 9.59 Å². The molecular weight excluding hydrogens is 444 g/mol. The zero-order valence-corrected chi connectivity index (χ0v) is 20.1. The van der Waals surface area contributed by atoms with Crippen LogP contribution in [-0.4, -0.2) is 64.6 Å². The second kappa shape index (κ2) is 9.87. The van der Waals surface area contributed by atoms with Crippen LogP contribution >= 0.6 is 0 Å². The molecule has 0 spiro atoms. The Morgan fingerprint density at radius 1 is 1.09 bits per heavy atom. The third-order valence-electron chi connectivity index (χ3n) is 6.65. The number of anilines is 3. The summed E-state index contributed by atoms with van der Waals surface area (Å²) in [6.45, 7) is 7.52. The summed E-state index contributed by atoms with van der Waals surface area (Å²) in [5.74, 6) is 1.96. The Hall–Kier alpha value is -3.72. The van der Waals surface area contributed by atoms with Gasteiger partial charge in [0.05, 0.1) is 19.3 Å². The van der Waals surface area contributed by atoms with E-state index in [1.165, 1.54) is 6.07 Å². The molecule has 0 aliphatic carbocycles. The van der Waals surface area contributed by atoms with Gasteiger partial charge in [0.2, 0.25) is 5.56 Å². The predicted molar refractivity (Wildman–Crippen MR) is 135 cm³/mol. The van der Waals surface area contributed by atoms with Crippen molar-refractivity contribution in [2.45, 2.75) is 32.7 Å². The van der Waals surface area contributed by atoms with E-state index < -0.39 is 0 Å². The van der Waals surface area contributed by atoms with Crippen molar-refractivity contribution >= 4 is 23.2 Å². The first-order chi connectivity index (χ1) is 17.1. The Balaban J connectivity index is 1.53. The molecule has 0 unspecified atom stereocenters. The summed E-state index contributed by atoms with van der Waals surface area (Å²) in [6.07, 6.45) is 1.68. The number of nitrogens with one attached hydrogen (secondary N) is 2. The van der Waals surface area contributed by atoms with Gasteiger partial charge in [0.25, 0.3) is 5.91 Å². The van der Waals surface area contributed by atoms with Crippen LogP contribution in [0.4, 0.5) is 17.3 Å². The minimum Gasteiger partial charge on any atom is -0.377 e. The van der Waals surface area contributed by atoms with Crippen LogP contribution in [0.5, 0.6) is 0 Å². The zero-order chi connectivity index (χ0) is 24.4. The van der Waals surface area contributed by atoms with E-state index in [-0.39, 0.29) is 17.5 Å². The number of pyridine rings is 1. The van der Waals surface area contributed by atoms with Crippen LogP contribution in [0.1, 0.15) is 36.3 Å². The number of ether oxygens (including phenoxy) is 1. The smallest absolute Gasteiger partial charge is 0.272 e. The Morgan fingerprint density at radius 2 is 1.91 bits per heavy atom. The maximum absolute atomic E-state index is 13.3. The number of H-pyrrole nitrogens is 1. The number of carbonyl (C=O) groups excluding carboxylic acids is 1. The summed E-state index contributed by atoms with van der Waals surface area (Å²) in [5, 5.41) is 3.19. The van der Waals surface area contributed by atoms with E-state index in [1.54, 1.807) is 12.1 Å². The molecule has 3 aromatic rings. The van der Waals surface area contributed by atoms with Gasteiger partial charge in [0.15, 0.2) is 5.82 Å². The van der Waals surface area contributed by atoms with Crippen molar-refractivity contribution < 1.29 is 9.53 Å². The average molecular weight is 475 g/mol. The van der Waals surface area contributed by atoms with Crippen LogP contribution in [0.25, 0.3) is 11.4 Å². The Labute approximate surface area is 204 Å². The number of fused-ring (bicyclic) bond motifs is 1. The molecule has 182 valence electrons. The van der Waals surface area contributed by atoms with Crippen molar-refractivity contribution in [3.8, 4) is 11.4 Å². The third kappa shape index (κ3) is 4.64. The van der Waals surface area contributed by atoms with Gasteiger partial charge < -0.3 is 24.8 Å². The van der Waals surface area contributed by atoms with Crippen LogP contribution in [0, 0.1) is 0 Å². The maximum atomic E-state index is 13.3. The lowest BCUT2D eigenvalue weighted by Gasteiger charge is -2.38. The molecule has 0 saturated carbocycles. The fraction of sp³-hybridized carbons (Fsp3) is 0.385. The van der Waals surface area contributed by atoms with Crippen molar-refractivity contribution in [3.63, 3.8) is 0 Å². The second-order valence-electron chi connectivity index (χ2n) is 8.79. The van der Waals surface area contributed by atoms with Gasteiger partial charge in [-0.15, -0.1) is 0 Å². The molecule has 4 heterocycles. The van der Waals surface area contributed by atoms with Crippen molar-refractivity contribution in [3.05, 3.63) is 64.1 Å². The summed E-state index contributed by atoms with van der Waals surface area (Å²) in [7, 11) is 0. The third-order valence-corrected chi connectivity index (χ3v) is 6.65. The van der Waals surface area contributed by atoms with Gasteiger partial charge >= 0.3 is 0 Å². The molecule has 1 aromatic carbocycles. The van der Waals surface area contributed by atoms with Crippen LogP contribution < -0.4 is 15.8 Å². The number of hydrogen-bond donors (Lipinski definition) is 2. The summed E-state index contributed by atoms with van der Waals surface area (Å²) in [5.41, 5.74) is 2.92. The minimum absolute atomic E-state index is 0.0359. The molecule has 5 rings (SSSR count). The first-order valence-electron chi connectivity index (χ1n) is 12.2. The number of nitrogens with zero attached hydrogens (tertiary/aromatic N) is 4. The van der Waals surface area contributed by atoms with Crippen molar-refractivity contribution in [2.75, 3.05) is 43.1 Å². The quantitative estimate of drug-likeness (QED) is 0.565. The topological polar surface area (TPSA) is 103 Å². The van der Waals surface area contributed by atoms with E-state index in [2.05, 4.69) is 22.1 Å². The summed E-state index contributed by atoms with van der Waals surface area (Å²) in [4.78, 5) is 41.5. The number of carbonyl (C=O) groups is 1. The lowest BCUT2D eigenvalue weighted by atomic mass is 10.0. The van der Waals surface area contributed by atoms with E-state index in [0.717, 1.165) is 42.0 Å². The Bertz CT molecular complexity index is 1270. The predicted octanol–water partition coefficient (Wildman–Crippen LogP) is 3.21. The molecule has 35 heavy (non-hydrogen) atoms. The number of aromatic nitrogens is 3. The number of likely N-dealkylation sites (N-methyl/N-ethyl adjacent to an activating group) is 1. The molecule has 2 N–H and O–H groups in total. The number of amides is 1. The fourth-order valence-corrected chi connectivity index (χ4v) is 4.70.